The van der Waals surface area contributed by atoms with Crippen molar-refractivity contribution in [3.05, 3.63) is 35.4 Å². The van der Waals surface area contributed by atoms with Crippen LogP contribution in [0.25, 0.3) is 0 Å². The van der Waals surface area contributed by atoms with Crippen LogP contribution in [0.1, 0.15) is 25.0 Å². The largest absolute Gasteiger partial charge is 0.307 e. The van der Waals surface area contributed by atoms with Crippen LogP contribution in [0, 0.1) is 6.92 Å². The van der Waals surface area contributed by atoms with Crippen molar-refractivity contribution < 1.29 is 0 Å². The molecule has 0 aliphatic carbocycles. The van der Waals surface area contributed by atoms with Crippen molar-refractivity contribution in [3.8, 4) is 0 Å². The highest BCUT2D eigenvalue weighted by atomic mass is 32.1. The molecule has 0 heterocycles. The van der Waals surface area contributed by atoms with Gasteiger partial charge < -0.3 is 5.32 Å². The Morgan fingerprint density at radius 1 is 1.21 bits per heavy atom. The molecule has 0 saturated carbocycles. The average molecular weight is 209 g/mol. The Bertz CT molecular complexity index is 277. The van der Waals surface area contributed by atoms with Crippen molar-refractivity contribution >= 4 is 12.6 Å². The molecular formula is C12H19NS. The zero-order valence-electron chi connectivity index (χ0n) is 9.17. The lowest BCUT2D eigenvalue weighted by Crippen LogP contribution is -2.32. The van der Waals surface area contributed by atoms with Crippen molar-refractivity contribution in [3.63, 3.8) is 0 Å². The molecule has 0 aliphatic rings. The number of rotatable bonds is 4. The van der Waals surface area contributed by atoms with Crippen LogP contribution in [0.15, 0.2) is 24.3 Å². The highest BCUT2D eigenvalue weighted by Gasteiger charge is 2.19. The van der Waals surface area contributed by atoms with Crippen molar-refractivity contribution in [1.82, 2.24) is 5.32 Å². The van der Waals surface area contributed by atoms with E-state index in [0.717, 1.165) is 12.4 Å². The molecular weight excluding hydrogens is 190 g/mol. The zero-order valence-corrected chi connectivity index (χ0v) is 10.1. The van der Waals surface area contributed by atoms with Crippen molar-refractivity contribution in [2.45, 2.75) is 26.2 Å². The fourth-order valence-electron chi connectivity index (χ4n) is 1.48. The van der Waals surface area contributed by atoms with Crippen molar-refractivity contribution in [1.29, 1.82) is 0 Å². The molecule has 0 radical (unpaired) electrons. The summed E-state index contributed by atoms with van der Waals surface area (Å²) in [4.78, 5) is 0. The van der Waals surface area contributed by atoms with E-state index < -0.39 is 0 Å². The molecule has 0 spiro atoms. The Balaban J connectivity index is 2.75. The first-order valence-corrected chi connectivity index (χ1v) is 5.58. The Hall–Kier alpha value is -0.470. The summed E-state index contributed by atoms with van der Waals surface area (Å²) in [6, 6.07) is 8.74. The van der Waals surface area contributed by atoms with Crippen molar-refractivity contribution in [2.24, 2.45) is 0 Å². The Morgan fingerprint density at radius 3 is 2.29 bits per heavy atom. The van der Waals surface area contributed by atoms with Gasteiger partial charge >= 0.3 is 0 Å². The van der Waals surface area contributed by atoms with Gasteiger partial charge in [0.25, 0.3) is 0 Å². The van der Waals surface area contributed by atoms with Crippen LogP contribution in [0.2, 0.25) is 0 Å². The summed E-state index contributed by atoms with van der Waals surface area (Å²) in [5.74, 6) is 0.731. The highest BCUT2D eigenvalue weighted by molar-refractivity contribution is 7.80. The summed E-state index contributed by atoms with van der Waals surface area (Å²) >= 11 is 4.15. The summed E-state index contributed by atoms with van der Waals surface area (Å²) < 4.78 is 0. The number of hydrogen-bond donors (Lipinski definition) is 2. The minimum absolute atomic E-state index is 0.177. The maximum atomic E-state index is 4.15. The summed E-state index contributed by atoms with van der Waals surface area (Å²) in [7, 11) is 0. The van der Waals surface area contributed by atoms with E-state index in [4.69, 9.17) is 0 Å². The smallest absolute Gasteiger partial charge is 0.0387 e. The van der Waals surface area contributed by atoms with Gasteiger partial charge in [0.2, 0.25) is 0 Å². The number of benzene rings is 1. The van der Waals surface area contributed by atoms with E-state index in [1.165, 1.54) is 11.1 Å². The average Bonchev–Trinajstić information content (AvgIpc) is 2.16. The molecule has 78 valence electrons. The molecule has 14 heavy (non-hydrogen) atoms. The van der Waals surface area contributed by atoms with Gasteiger partial charge in [-0.05, 0) is 12.5 Å². The second-order valence-electron chi connectivity index (χ2n) is 4.33. The zero-order chi connectivity index (χ0) is 10.6. The Kier molecular flexibility index (Phi) is 4.02. The molecule has 1 aromatic carbocycles. The van der Waals surface area contributed by atoms with E-state index in [2.05, 4.69) is 63.0 Å². The maximum absolute atomic E-state index is 4.15. The third-order valence-electron chi connectivity index (χ3n) is 2.51. The predicted octanol–water partition coefficient (Wildman–Crippen LogP) is 2.75. The molecule has 0 aromatic heterocycles. The second-order valence-corrected chi connectivity index (χ2v) is 4.65. The van der Waals surface area contributed by atoms with E-state index in [0.29, 0.717) is 0 Å². The number of thiol groups is 1. The minimum Gasteiger partial charge on any atom is -0.307 e. The van der Waals surface area contributed by atoms with Crippen molar-refractivity contribution in [2.75, 3.05) is 12.4 Å². The molecule has 0 amide bonds. The molecule has 1 N–H and O–H groups in total. The SMILES string of the molecule is Cc1ccc(C(C)(C)CNCS)cc1. The lowest BCUT2D eigenvalue weighted by Gasteiger charge is -2.25. The normalized spacial score (nSPS) is 11.7. The first-order chi connectivity index (χ1) is 6.56. The number of aryl methyl sites for hydroxylation is 1. The quantitative estimate of drug-likeness (QED) is 0.574. The number of hydrogen-bond acceptors (Lipinski definition) is 2. The fraction of sp³-hybridized carbons (Fsp3) is 0.500. The van der Waals surface area contributed by atoms with Crippen LogP contribution in [0.3, 0.4) is 0 Å². The van der Waals surface area contributed by atoms with E-state index in [1.54, 1.807) is 0 Å². The van der Waals surface area contributed by atoms with Gasteiger partial charge in [-0.2, -0.15) is 12.6 Å². The minimum atomic E-state index is 0.177. The van der Waals surface area contributed by atoms with E-state index in [9.17, 15) is 0 Å². The first kappa shape index (κ1) is 11.6. The standard InChI is InChI=1S/C12H19NS/c1-10-4-6-11(7-5-10)12(2,3)8-13-9-14/h4-7,13-14H,8-9H2,1-3H3. The molecule has 1 nitrogen and oxygen atoms in total. The predicted molar refractivity (Wildman–Crippen MR) is 66.1 cm³/mol. The van der Waals surface area contributed by atoms with E-state index >= 15 is 0 Å². The molecule has 0 fully saturated rings. The number of nitrogens with one attached hydrogen (secondary N) is 1. The van der Waals surface area contributed by atoms with Crippen LogP contribution in [-0.4, -0.2) is 12.4 Å². The summed E-state index contributed by atoms with van der Waals surface area (Å²) in [6.07, 6.45) is 0. The topological polar surface area (TPSA) is 12.0 Å². The third-order valence-corrected chi connectivity index (χ3v) is 2.74. The maximum Gasteiger partial charge on any atom is 0.0387 e. The molecule has 1 rings (SSSR count). The van der Waals surface area contributed by atoms with Gasteiger partial charge in [-0.15, -0.1) is 0 Å². The van der Waals surface area contributed by atoms with Gasteiger partial charge in [0, 0.05) is 17.8 Å². The first-order valence-electron chi connectivity index (χ1n) is 4.95. The third kappa shape index (κ3) is 3.03. The monoisotopic (exact) mass is 209 g/mol. The van der Waals surface area contributed by atoms with Gasteiger partial charge in [0.15, 0.2) is 0 Å². The van der Waals surface area contributed by atoms with Crippen LogP contribution >= 0.6 is 12.6 Å². The van der Waals surface area contributed by atoms with Crippen LogP contribution < -0.4 is 5.32 Å². The summed E-state index contributed by atoms with van der Waals surface area (Å²) in [5, 5.41) is 3.27. The summed E-state index contributed by atoms with van der Waals surface area (Å²) in [6.45, 7) is 7.56. The van der Waals surface area contributed by atoms with Crippen LogP contribution in [-0.2, 0) is 5.41 Å². The molecule has 1 aromatic rings. The molecule has 2 heteroatoms. The Labute approximate surface area is 92.3 Å². The lowest BCUT2D eigenvalue weighted by molar-refractivity contribution is 0.490. The van der Waals surface area contributed by atoms with Gasteiger partial charge in [-0.25, -0.2) is 0 Å². The highest BCUT2D eigenvalue weighted by Crippen LogP contribution is 2.22. The van der Waals surface area contributed by atoms with Gasteiger partial charge in [-0.1, -0.05) is 43.7 Å². The van der Waals surface area contributed by atoms with Gasteiger partial charge in [0.05, 0.1) is 0 Å². The molecule has 0 unspecified atom stereocenters. The molecule has 0 saturated heterocycles. The van der Waals surface area contributed by atoms with Crippen LogP contribution in [0.5, 0.6) is 0 Å². The molecule has 0 bridgehead atoms. The Morgan fingerprint density at radius 2 is 1.79 bits per heavy atom. The molecule has 0 atom stereocenters. The van der Waals surface area contributed by atoms with Crippen LogP contribution in [0.4, 0.5) is 0 Å². The summed E-state index contributed by atoms with van der Waals surface area (Å²) in [5.41, 5.74) is 2.86. The lowest BCUT2D eigenvalue weighted by atomic mass is 9.84. The van der Waals surface area contributed by atoms with E-state index in [-0.39, 0.29) is 5.41 Å². The van der Waals surface area contributed by atoms with Gasteiger partial charge in [-0.3, -0.25) is 0 Å². The molecule has 0 aliphatic heterocycles. The van der Waals surface area contributed by atoms with E-state index in [1.807, 2.05) is 0 Å². The second kappa shape index (κ2) is 4.85. The van der Waals surface area contributed by atoms with Gasteiger partial charge in [0.1, 0.15) is 0 Å². The fourth-order valence-corrected chi connectivity index (χ4v) is 1.59.